The number of carboxylic acid groups (broad SMARTS) is 1. The Hall–Kier alpha value is -2.76. The third-order valence-corrected chi connectivity index (χ3v) is 5.10. The summed E-state index contributed by atoms with van der Waals surface area (Å²) in [6.45, 7) is 1.48. The molecule has 1 aromatic heterocycles. The second-order valence-corrected chi connectivity index (χ2v) is 7.34. The molecule has 8 nitrogen and oxygen atoms in total. The molecule has 0 radical (unpaired) electrons. The Labute approximate surface area is 151 Å². The number of benzene rings is 1. The van der Waals surface area contributed by atoms with E-state index in [2.05, 4.69) is 9.28 Å². The largest absolute Gasteiger partial charge is 0.534 e. The summed E-state index contributed by atoms with van der Waals surface area (Å²) < 4.78 is 66.9. The average Bonchev–Trinajstić information content (AvgIpc) is 2.93. The van der Waals surface area contributed by atoms with Crippen LogP contribution in [0, 0.1) is 0 Å². The van der Waals surface area contributed by atoms with Gasteiger partial charge in [0.25, 0.3) is 0 Å². The van der Waals surface area contributed by atoms with Gasteiger partial charge in [0.15, 0.2) is 0 Å². The highest BCUT2D eigenvalue weighted by atomic mass is 32.2. The maximum absolute atomic E-state index is 12.8. The molecule has 27 heavy (non-hydrogen) atoms. The van der Waals surface area contributed by atoms with Crippen LogP contribution < -0.4 is 4.18 Å². The first-order chi connectivity index (χ1) is 12.5. The van der Waals surface area contributed by atoms with Crippen LogP contribution in [0.3, 0.4) is 0 Å². The molecule has 0 fully saturated rings. The summed E-state index contributed by atoms with van der Waals surface area (Å²) in [7, 11) is -5.92. The molecule has 1 aliphatic rings. The number of alkyl halides is 3. The molecule has 1 amide bonds. The van der Waals surface area contributed by atoms with Crippen molar-refractivity contribution in [1.29, 1.82) is 0 Å². The third kappa shape index (κ3) is 3.31. The SMILES string of the molecule is C[C@@H]1c2nn(-c3ccccc3)c(OS(=O)(=O)C(F)(F)F)c2CCN1C(=O)O. The lowest BCUT2D eigenvalue weighted by molar-refractivity contribution is -0.0502. The summed E-state index contributed by atoms with van der Waals surface area (Å²) in [5, 5.41) is 13.4. The van der Waals surface area contributed by atoms with E-state index in [0.29, 0.717) is 0 Å². The predicted molar refractivity (Wildman–Crippen MR) is 86.0 cm³/mol. The number of amides is 1. The van der Waals surface area contributed by atoms with Crippen LogP contribution in [0.25, 0.3) is 5.69 Å². The van der Waals surface area contributed by atoms with Crippen LogP contribution in [-0.2, 0) is 16.5 Å². The lowest BCUT2D eigenvalue weighted by Gasteiger charge is -2.29. The van der Waals surface area contributed by atoms with Crippen molar-refractivity contribution in [2.24, 2.45) is 0 Å². The Kier molecular flexibility index (Phi) is 4.54. The number of hydrogen-bond donors (Lipinski definition) is 1. The monoisotopic (exact) mass is 405 g/mol. The van der Waals surface area contributed by atoms with Crippen LogP contribution in [-0.4, -0.2) is 46.4 Å². The van der Waals surface area contributed by atoms with Gasteiger partial charge in [0.1, 0.15) is 0 Å². The number of hydrogen-bond acceptors (Lipinski definition) is 5. The van der Waals surface area contributed by atoms with Crippen molar-refractivity contribution in [3.8, 4) is 11.6 Å². The number of fused-ring (bicyclic) bond motifs is 1. The van der Waals surface area contributed by atoms with Crippen molar-refractivity contribution in [3.05, 3.63) is 41.6 Å². The van der Waals surface area contributed by atoms with E-state index in [1.165, 1.54) is 19.1 Å². The first kappa shape index (κ1) is 19.0. The maximum Gasteiger partial charge on any atom is 0.534 e. The molecule has 0 spiro atoms. The molecule has 0 saturated carbocycles. The highest BCUT2D eigenvalue weighted by molar-refractivity contribution is 7.87. The lowest BCUT2D eigenvalue weighted by Crippen LogP contribution is -2.38. The molecular weight excluding hydrogens is 391 g/mol. The van der Waals surface area contributed by atoms with Crippen LogP contribution in [0.4, 0.5) is 18.0 Å². The number of aromatic nitrogens is 2. The van der Waals surface area contributed by atoms with E-state index < -0.39 is 33.6 Å². The smallest absolute Gasteiger partial charge is 0.465 e. The van der Waals surface area contributed by atoms with Gasteiger partial charge in [-0.05, 0) is 25.5 Å². The summed E-state index contributed by atoms with van der Waals surface area (Å²) in [6.07, 6.45) is -1.26. The molecule has 2 heterocycles. The quantitative estimate of drug-likeness (QED) is 0.622. The van der Waals surface area contributed by atoms with Crippen molar-refractivity contribution in [2.45, 2.75) is 24.9 Å². The van der Waals surface area contributed by atoms with Gasteiger partial charge in [-0.2, -0.15) is 31.4 Å². The van der Waals surface area contributed by atoms with Crippen LogP contribution in [0.15, 0.2) is 30.3 Å². The van der Waals surface area contributed by atoms with Gasteiger partial charge in [-0.15, -0.1) is 0 Å². The van der Waals surface area contributed by atoms with E-state index in [1.807, 2.05) is 0 Å². The highest BCUT2D eigenvalue weighted by Crippen LogP contribution is 2.38. The molecule has 3 rings (SSSR count). The fourth-order valence-corrected chi connectivity index (χ4v) is 3.31. The van der Waals surface area contributed by atoms with Crippen LogP contribution >= 0.6 is 0 Å². The summed E-state index contributed by atoms with van der Waals surface area (Å²) >= 11 is 0. The summed E-state index contributed by atoms with van der Waals surface area (Å²) in [6, 6.07) is 7.06. The lowest BCUT2D eigenvalue weighted by atomic mass is 10.0. The average molecular weight is 405 g/mol. The Morgan fingerprint density at radius 2 is 1.93 bits per heavy atom. The Bertz CT molecular complexity index is 973. The van der Waals surface area contributed by atoms with Gasteiger partial charge in [0.05, 0.1) is 17.4 Å². The molecule has 1 aromatic carbocycles. The highest BCUT2D eigenvalue weighted by Gasteiger charge is 2.50. The zero-order chi connectivity index (χ0) is 20.0. The van der Waals surface area contributed by atoms with Gasteiger partial charge in [-0.25, -0.2) is 4.79 Å². The molecule has 0 aliphatic carbocycles. The molecule has 1 N–H and O–H groups in total. The van der Waals surface area contributed by atoms with Crippen molar-refractivity contribution < 1.29 is 35.7 Å². The predicted octanol–water partition coefficient (Wildman–Crippen LogP) is 2.70. The molecule has 0 unspecified atom stereocenters. The van der Waals surface area contributed by atoms with Gasteiger partial charge >= 0.3 is 21.7 Å². The fraction of sp³-hybridized carbons (Fsp3) is 0.333. The van der Waals surface area contributed by atoms with Gasteiger partial charge in [0, 0.05) is 12.1 Å². The minimum absolute atomic E-state index is 0.0353. The van der Waals surface area contributed by atoms with E-state index >= 15 is 0 Å². The van der Waals surface area contributed by atoms with Crippen molar-refractivity contribution in [3.63, 3.8) is 0 Å². The van der Waals surface area contributed by atoms with E-state index in [-0.39, 0.29) is 29.9 Å². The standard InChI is InChI=1S/C15H14F3N3O5S/c1-9-12-11(7-8-20(9)14(22)23)13(26-27(24,25)15(16,17)18)21(19-12)10-5-3-2-4-6-10/h2-6,9H,7-8H2,1H3,(H,22,23)/t9-/m1/s1. The van der Waals surface area contributed by atoms with Crippen molar-refractivity contribution >= 4 is 16.2 Å². The Morgan fingerprint density at radius 3 is 2.48 bits per heavy atom. The van der Waals surface area contributed by atoms with Gasteiger partial charge < -0.3 is 9.29 Å². The number of halogens is 3. The molecule has 12 heteroatoms. The zero-order valence-corrected chi connectivity index (χ0v) is 14.7. The number of rotatable bonds is 3. The van der Waals surface area contributed by atoms with E-state index in [0.717, 1.165) is 9.58 Å². The van der Waals surface area contributed by atoms with Crippen LogP contribution in [0.2, 0.25) is 0 Å². The zero-order valence-electron chi connectivity index (χ0n) is 13.8. The third-order valence-electron chi connectivity index (χ3n) is 4.15. The van der Waals surface area contributed by atoms with Crippen LogP contribution in [0.5, 0.6) is 5.88 Å². The van der Waals surface area contributed by atoms with Gasteiger partial charge in [-0.1, -0.05) is 18.2 Å². The van der Waals surface area contributed by atoms with Gasteiger partial charge in [0.2, 0.25) is 5.88 Å². The Morgan fingerprint density at radius 1 is 1.30 bits per heavy atom. The minimum Gasteiger partial charge on any atom is -0.465 e. The summed E-state index contributed by atoms with van der Waals surface area (Å²) in [5.41, 5.74) is -5.08. The van der Waals surface area contributed by atoms with E-state index in [9.17, 15) is 31.5 Å². The molecule has 1 aliphatic heterocycles. The van der Waals surface area contributed by atoms with Gasteiger partial charge in [-0.3, -0.25) is 4.90 Å². The molecule has 2 aromatic rings. The fourth-order valence-electron chi connectivity index (χ4n) is 2.84. The van der Waals surface area contributed by atoms with E-state index in [4.69, 9.17) is 0 Å². The molecule has 0 saturated heterocycles. The molecule has 146 valence electrons. The molecule has 0 bridgehead atoms. The first-order valence-corrected chi connectivity index (χ1v) is 9.11. The summed E-state index contributed by atoms with van der Waals surface area (Å²) in [5.74, 6) is -0.592. The molecular formula is C15H14F3N3O5S. The summed E-state index contributed by atoms with van der Waals surface area (Å²) in [4.78, 5) is 12.4. The first-order valence-electron chi connectivity index (χ1n) is 7.70. The minimum atomic E-state index is -5.92. The molecule has 1 atom stereocenters. The maximum atomic E-state index is 12.8. The number of para-hydroxylation sites is 1. The number of nitrogens with zero attached hydrogens (tertiary/aromatic N) is 3. The Balaban J connectivity index is 2.17. The van der Waals surface area contributed by atoms with Crippen LogP contribution in [0.1, 0.15) is 24.2 Å². The van der Waals surface area contributed by atoms with Crippen molar-refractivity contribution in [1.82, 2.24) is 14.7 Å². The number of carbonyl (C=O) groups is 1. The normalized spacial score (nSPS) is 17.5. The topological polar surface area (TPSA) is 102 Å². The second kappa shape index (κ2) is 6.44. The van der Waals surface area contributed by atoms with Crippen molar-refractivity contribution in [2.75, 3.05) is 6.54 Å². The second-order valence-electron chi connectivity index (χ2n) is 5.80. The van der Waals surface area contributed by atoms with E-state index in [1.54, 1.807) is 18.2 Å².